The summed E-state index contributed by atoms with van der Waals surface area (Å²) in [6.45, 7) is 3.80. The maximum absolute atomic E-state index is 13.2. The molecule has 142 valence electrons. The number of aryl methyl sites for hydroxylation is 1. The Kier molecular flexibility index (Phi) is 5.85. The molecule has 2 atom stereocenters. The molecule has 0 amide bonds. The van der Waals surface area contributed by atoms with Crippen molar-refractivity contribution in [3.8, 4) is 0 Å². The summed E-state index contributed by atoms with van der Waals surface area (Å²) in [5.41, 5.74) is 1.64. The van der Waals surface area contributed by atoms with Crippen LogP contribution in [0.2, 0.25) is 0 Å². The second-order valence-electron chi connectivity index (χ2n) is 6.11. The summed E-state index contributed by atoms with van der Waals surface area (Å²) in [7, 11) is -3.87. The molecular weight excluding hydrogens is 479 g/mol. The zero-order valence-corrected chi connectivity index (χ0v) is 17.8. The van der Waals surface area contributed by atoms with Crippen molar-refractivity contribution in [3.63, 3.8) is 0 Å². The van der Waals surface area contributed by atoms with Gasteiger partial charge in [0.2, 0.25) is 0 Å². The number of benzene rings is 2. The smallest absolute Gasteiger partial charge is 0.333 e. The van der Waals surface area contributed by atoms with Gasteiger partial charge in [0.05, 0.1) is 11.5 Å². The predicted molar refractivity (Wildman–Crippen MR) is 111 cm³/mol. The van der Waals surface area contributed by atoms with Gasteiger partial charge in [-0.2, -0.15) is 0 Å². The molecule has 2 aromatic carbocycles. The fourth-order valence-electron chi connectivity index (χ4n) is 2.88. The minimum atomic E-state index is -3.87. The molecule has 1 aliphatic rings. The van der Waals surface area contributed by atoms with E-state index in [1.165, 1.54) is 6.34 Å². The van der Waals surface area contributed by atoms with Crippen molar-refractivity contribution in [2.45, 2.75) is 30.8 Å². The number of hydrogen-bond donors (Lipinski definition) is 0. The molecule has 1 heterocycles. The molecule has 8 heteroatoms. The third-order valence-corrected chi connectivity index (χ3v) is 6.71. The number of aliphatic imine (C=N–C) groups is 1. The van der Waals surface area contributed by atoms with Gasteiger partial charge in [-0.05, 0) is 66.3 Å². The van der Waals surface area contributed by atoms with E-state index in [-0.39, 0.29) is 11.5 Å². The average Bonchev–Trinajstić information content (AvgIpc) is 3.09. The molecule has 0 bridgehead atoms. The van der Waals surface area contributed by atoms with Crippen LogP contribution in [0.3, 0.4) is 0 Å². The topological polar surface area (TPSA) is 76.0 Å². The molecule has 0 radical (unpaired) electrons. The van der Waals surface area contributed by atoms with Crippen LogP contribution >= 0.6 is 22.6 Å². The zero-order valence-electron chi connectivity index (χ0n) is 14.9. The van der Waals surface area contributed by atoms with Crippen LogP contribution in [0.4, 0.5) is 0 Å². The number of ether oxygens (including phenoxy) is 1. The minimum Gasteiger partial charge on any atom is -0.464 e. The molecule has 27 heavy (non-hydrogen) atoms. The summed E-state index contributed by atoms with van der Waals surface area (Å²) in [6.07, 6.45) is 1.22. The lowest BCUT2D eigenvalue weighted by molar-refractivity contribution is -0.145. The van der Waals surface area contributed by atoms with Gasteiger partial charge in [-0.15, -0.1) is 0 Å². The monoisotopic (exact) mass is 498 g/mol. The zero-order chi connectivity index (χ0) is 19.6. The average molecular weight is 498 g/mol. The molecular formula is C19H19IN2O4S. The maximum Gasteiger partial charge on any atom is 0.333 e. The lowest BCUT2D eigenvalue weighted by Gasteiger charge is -2.27. The van der Waals surface area contributed by atoms with Crippen LogP contribution in [0, 0.1) is 10.5 Å². The highest BCUT2D eigenvalue weighted by Gasteiger charge is 2.43. The van der Waals surface area contributed by atoms with Gasteiger partial charge in [-0.25, -0.2) is 17.5 Å². The number of carbonyl (C=O) groups is 1. The number of halogens is 1. The van der Waals surface area contributed by atoms with Crippen molar-refractivity contribution in [1.82, 2.24) is 4.31 Å². The number of nitrogens with zero attached hydrogens (tertiary/aromatic N) is 2. The summed E-state index contributed by atoms with van der Waals surface area (Å²) in [5.74, 6) is -0.543. The van der Waals surface area contributed by atoms with Crippen LogP contribution in [0.25, 0.3) is 0 Å². The van der Waals surface area contributed by atoms with Gasteiger partial charge in [0, 0.05) is 3.57 Å². The number of rotatable bonds is 5. The van der Waals surface area contributed by atoms with E-state index in [2.05, 4.69) is 27.6 Å². The van der Waals surface area contributed by atoms with E-state index < -0.39 is 28.1 Å². The molecule has 0 unspecified atom stereocenters. The Labute approximate surface area is 172 Å². The Morgan fingerprint density at radius 2 is 1.78 bits per heavy atom. The largest absolute Gasteiger partial charge is 0.464 e. The van der Waals surface area contributed by atoms with E-state index in [0.717, 1.165) is 13.4 Å². The quantitative estimate of drug-likeness (QED) is 0.469. The van der Waals surface area contributed by atoms with E-state index in [4.69, 9.17) is 4.74 Å². The van der Waals surface area contributed by atoms with Crippen molar-refractivity contribution in [2.75, 3.05) is 6.61 Å². The van der Waals surface area contributed by atoms with E-state index in [1.54, 1.807) is 31.2 Å². The van der Waals surface area contributed by atoms with Crippen LogP contribution in [-0.4, -0.2) is 37.7 Å². The van der Waals surface area contributed by atoms with E-state index in [1.807, 2.05) is 31.2 Å². The molecule has 2 aromatic rings. The van der Waals surface area contributed by atoms with Gasteiger partial charge in [-0.3, -0.25) is 4.99 Å². The summed E-state index contributed by atoms with van der Waals surface area (Å²) in [4.78, 5) is 16.7. The van der Waals surface area contributed by atoms with Crippen LogP contribution in [0.1, 0.15) is 24.1 Å². The molecule has 0 aliphatic carbocycles. The second-order valence-corrected chi connectivity index (χ2v) is 9.19. The lowest BCUT2D eigenvalue weighted by atomic mass is 10.0. The molecule has 0 saturated carbocycles. The normalized spacial score (nSPS) is 19.3. The Bertz CT molecular complexity index is 956. The first-order valence-corrected chi connectivity index (χ1v) is 10.9. The molecule has 0 aromatic heterocycles. The summed E-state index contributed by atoms with van der Waals surface area (Å²) in [6, 6.07) is 12.2. The number of hydrogen-bond acceptors (Lipinski definition) is 5. The fourth-order valence-corrected chi connectivity index (χ4v) is 4.68. The van der Waals surface area contributed by atoms with Gasteiger partial charge < -0.3 is 4.74 Å². The van der Waals surface area contributed by atoms with Crippen molar-refractivity contribution in [3.05, 3.63) is 63.2 Å². The molecule has 1 aliphatic heterocycles. The maximum atomic E-state index is 13.2. The van der Waals surface area contributed by atoms with Crippen LogP contribution in [-0.2, 0) is 19.6 Å². The van der Waals surface area contributed by atoms with Gasteiger partial charge in [0.25, 0.3) is 10.0 Å². The van der Waals surface area contributed by atoms with Crippen molar-refractivity contribution >= 4 is 44.9 Å². The van der Waals surface area contributed by atoms with Gasteiger partial charge in [0.1, 0.15) is 12.4 Å². The highest BCUT2D eigenvalue weighted by molar-refractivity contribution is 14.1. The Hall–Kier alpha value is -1.94. The Balaban J connectivity index is 2.04. The lowest BCUT2D eigenvalue weighted by Crippen LogP contribution is -2.37. The first kappa shape index (κ1) is 19.8. The number of sulfonamides is 1. The predicted octanol–water partition coefficient (Wildman–Crippen LogP) is 3.31. The highest BCUT2D eigenvalue weighted by Crippen LogP contribution is 2.35. The third-order valence-electron chi connectivity index (χ3n) is 4.25. The van der Waals surface area contributed by atoms with Gasteiger partial charge in [-0.1, -0.05) is 29.8 Å². The SMILES string of the molecule is CCOC(=O)[C@H]1N=CN(S(=O)(=O)c2ccc(C)cc2)[C@@H]1c1ccc(I)cc1. The van der Waals surface area contributed by atoms with E-state index >= 15 is 0 Å². The molecule has 0 saturated heterocycles. The molecule has 6 nitrogen and oxygen atoms in total. The van der Waals surface area contributed by atoms with Crippen molar-refractivity contribution in [2.24, 2.45) is 4.99 Å². The van der Waals surface area contributed by atoms with Gasteiger partial charge in [0.15, 0.2) is 6.04 Å². The highest BCUT2D eigenvalue weighted by atomic mass is 127. The second kappa shape index (κ2) is 7.97. The number of esters is 1. The van der Waals surface area contributed by atoms with Crippen LogP contribution in [0.5, 0.6) is 0 Å². The molecule has 0 fully saturated rings. The first-order chi connectivity index (χ1) is 12.8. The van der Waals surface area contributed by atoms with Gasteiger partial charge >= 0.3 is 5.97 Å². The Morgan fingerprint density at radius 1 is 1.15 bits per heavy atom. The minimum absolute atomic E-state index is 0.152. The fraction of sp³-hybridized carbons (Fsp3) is 0.263. The summed E-state index contributed by atoms with van der Waals surface area (Å²) in [5, 5.41) is 0. The third kappa shape index (κ3) is 4.01. The summed E-state index contributed by atoms with van der Waals surface area (Å²) < 4.78 is 33.7. The standard InChI is InChI=1S/C19H19IN2O4S/c1-3-26-19(23)17-18(14-6-8-15(20)9-7-14)22(12-21-17)27(24,25)16-10-4-13(2)5-11-16/h4-12,17-18H,3H2,1-2H3/t17-,18+/m0/s1. The van der Waals surface area contributed by atoms with Crippen molar-refractivity contribution < 1.29 is 17.9 Å². The summed E-state index contributed by atoms with van der Waals surface area (Å²) >= 11 is 2.17. The van der Waals surface area contributed by atoms with Crippen molar-refractivity contribution in [1.29, 1.82) is 0 Å². The Morgan fingerprint density at radius 3 is 2.37 bits per heavy atom. The van der Waals surface area contributed by atoms with Crippen LogP contribution in [0.15, 0.2) is 58.4 Å². The number of carbonyl (C=O) groups excluding carboxylic acids is 1. The molecule has 0 N–H and O–H groups in total. The molecule has 0 spiro atoms. The van der Waals surface area contributed by atoms with E-state index in [9.17, 15) is 13.2 Å². The first-order valence-electron chi connectivity index (χ1n) is 8.40. The van der Waals surface area contributed by atoms with Crippen LogP contribution < -0.4 is 0 Å². The van der Waals surface area contributed by atoms with E-state index in [0.29, 0.717) is 5.56 Å². The molecule has 3 rings (SSSR count).